The number of fused-ring (bicyclic) bond motifs is 1. The van der Waals surface area contributed by atoms with E-state index in [-0.39, 0.29) is 23.7 Å². The van der Waals surface area contributed by atoms with Gasteiger partial charge in [0.1, 0.15) is 6.10 Å². The minimum atomic E-state index is -0.946. The normalized spacial score (nSPS) is 35.8. The summed E-state index contributed by atoms with van der Waals surface area (Å²) in [6, 6.07) is 9.57. The Morgan fingerprint density at radius 1 is 1.32 bits per heavy atom. The summed E-state index contributed by atoms with van der Waals surface area (Å²) in [5, 5.41) is 21.9. The van der Waals surface area contributed by atoms with Crippen LogP contribution in [0, 0.1) is 23.7 Å². The van der Waals surface area contributed by atoms with Gasteiger partial charge in [0, 0.05) is 17.9 Å². The van der Waals surface area contributed by atoms with Crippen LogP contribution in [0.4, 0.5) is 0 Å². The fourth-order valence-electron chi connectivity index (χ4n) is 5.16. The quantitative estimate of drug-likeness (QED) is 0.468. The van der Waals surface area contributed by atoms with E-state index in [1.54, 1.807) is 6.08 Å². The molecule has 2 saturated carbocycles. The van der Waals surface area contributed by atoms with E-state index in [1.165, 1.54) is 6.08 Å². The van der Waals surface area contributed by atoms with E-state index in [0.29, 0.717) is 12.8 Å². The van der Waals surface area contributed by atoms with Gasteiger partial charge < -0.3 is 14.9 Å². The van der Waals surface area contributed by atoms with Gasteiger partial charge in [-0.05, 0) is 49.7 Å². The molecule has 28 heavy (non-hydrogen) atoms. The van der Waals surface area contributed by atoms with Gasteiger partial charge in [-0.1, -0.05) is 56.3 Å². The number of hydrogen-bond donors (Lipinski definition) is 2. The van der Waals surface area contributed by atoms with Gasteiger partial charge in [-0.25, -0.2) is 4.79 Å². The molecule has 1 aromatic rings. The van der Waals surface area contributed by atoms with E-state index in [1.807, 2.05) is 51.1 Å². The number of aliphatic hydroxyl groups is 2. The smallest absolute Gasteiger partial charge is 0.331 e. The Morgan fingerprint density at radius 3 is 2.64 bits per heavy atom. The lowest BCUT2D eigenvalue weighted by Crippen LogP contribution is -2.48. The Bertz CT molecular complexity index is 734. The number of ether oxygens (including phenoxy) is 1. The lowest BCUT2D eigenvalue weighted by atomic mass is 9.74. The molecule has 4 nitrogen and oxygen atoms in total. The van der Waals surface area contributed by atoms with Gasteiger partial charge in [0.2, 0.25) is 0 Å². The summed E-state index contributed by atoms with van der Waals surface area (Å²) in [4.78, 5) is 12.7. The van der Waals surface area contributed by atoms with Gasteiger partial charge in [0.25, 0.3) is 0 Å². The summed E-state index contributed by atoms with van der Waals surface area (Å²) in [6.45, 7) is 10.1. The van der Waals surface area contributed by atoms with Crippen molar-refractivity contribution in [3.63, 3.8) is 0 Å². The lowest BCUT2D eigenvalue weighted by Gasteiger charge is -2.40. The summed E-state index contributed by atoms with van der Waals surface area (Å²) in [6.07, 6.45) is 3.92. The van der Waals surface area contributed by atoms with Gasteiger partial charge in [-0.2, -0.15) is 0 Å². The first-order chi connectivity index (χ1) is 13.2. The highest BCUT2D eigenvalue weighted by atomic mass is 16.5. The Hall–Kier alpha value is -1.91. The molecule has 0 radical (unpaired) electrons. The van der Waals surface area contributed by atoms with Gasteiger partial charge >= 0.3 is 5.97 Å². The van der Waals surface area contributed by atoms with Crippen molar-refractivity contribution in [1.82, 2.24) is 0 Å². The fraction of sp³-hybridized carbons (Fsp3) is 0.542. The average molecular weight is 385 g/mol. The summed E-state index contributed by atoms with van der Waals surface area (Å²) in [7, 11) is 0. The Kier molecular flexibility index (Phi) is 6.11. The van der Waals surface area contributed by atoms with Crippen LogP contribution in [0.5, 0.6) is 0 Å². The van der Waals surface area contributed by atoms with Gasteiger partial charge in [0.15, 0.2) is 0 Å². The van der Waals surface area contributed by atoms with Crippen LogP contribution in [0.15, 0.2) is 48.6 Å². The number of carbonyl (C=O) groups is 1. The molecule has 0 saturated heterocycles. The molecule has 3 rings (SSSR count). The zero-order chi connectivity index (χ0) is 20.5. The van der Waals surface area contributed by atoms with Crippen LogP contribution in [-0.2, 0) is 9.53 Å². The molecule has 4 heteroatoms. The molecule has 2 aliphatic rings. The van der Waals surface area contributed by atoms with Crippen LogP contribution in [-0.4, -0.2) is 34.0 Å². The third kappa shape index (κ3) is 4.23. The number of benzene rings is 1. The first kappa shape index (κ1) is 20.8. The zero-order valence-corrected chi connectivity index (χ0v) is 17.0. The van der Waals surface area contributed by atoms with Crippen LogP contribution in [0.2, 0.25) is 0 Å². The fourth-order valence-corrected chi connectivity index (χ4v) is 5.16. The van der Waals surface area contributed by atoms with Crippen LogP contribution in [0.3, 0.4) is 0 Å². The van der Waals surface area contributed by atoms with Gasteiger partial charge in [-0.3, -0.25) is 0 Å². The van der Waals surface area contributed by atoms with E-state index in [9.17, 15) is 15.0 Å². The summed E-state index contributed by atoms with van der Waals surface area (Å²) in [5.41, 5.74) is 0.929. The molecule has 0 spiro atoms. The van der Waals surface area contributed by atoms with Crippen LogP contribution in [0.25, 0.3) is 6.08 Å². The Balaban J connectivity index is 1.89. The second-order valence-corrected chi connectivity index (χ2v) is 8.92. The Labute approximate surface area is 167 Å². The maximum absolute atomic E-state index is 12.7. The molecule has 0 bridgehead atoms. The topological polar surface area (TPSA) is 66.8 Å². The van der Waals surface area contributed by atoms with Crippen LogP contribution < -0.4 is 0 Å². The molecule has 1 aromatic carbocycles. The molecule has 0 unspecified atom stereocenters. The molecular weight excluding hydrogens is 352 g/mol. The summed E-state index contributed by atoms with van der Waals surface area (Å²) in [5.74, 6) is -0.775. The molecule has 0 heterocycles. The SMILES string of the molecule is C=C1C[C@@H](O)[C@@H](C(C)C)[C@@H](OC(=O)/C=C/c2ccccc2)[C@H]2[C@H]1CC[C@]2(C)O. The average Bonchev–Trinajstić information content (AvgIpc) is 2.89. The van der Waals surface area contributed by atoms with Crippen molar-refractivity contribution in [2.24, 2.45) is 23.7 Å². The first-order valence-electron chi connectivity index (χ1n) is 10.2. The standard InChI is InChI=1S/C24H32O4/c1-15(2)21-19(25)14-16(3)18-12-13-24(4,27)22(18)23(21)28-20(26)11-10-17-8-6-5-7-9-17/h5-11,15,18-19,21-23,25,27H,3,12-14H2,1-2,4H3/b11-10+/t18-,19+,21+,22+,23+,24-/m0/s1. The van der Waals surface area contributed by atoms with E-state index < -0.39 is 23.8 Å². The highest BCUT2D eigenvalue weighted by Gasteiger charge is 2.55. The number of esters is 1. The molecule has 2 N–H and O–H groups in total. The monoisotopic (exact) mass is 384 g/mol. The first-order valence-corrected chi connectivity index (χ1v) is 10.2. The minimum absolute atomic E-state index is 0.0595. The summed E-state index contributed by atoms with van der Waals surface area (Å²) >= 11 is 0. The number of carbonyl (C=O) groups excluding carboxylic acids is 1. The maximum Gasteiger partial charge on any atom is 0.331 e. The van der Waals surface area contributed by atoms with Gasteiger partial charge in [0.05, 0.1) is 11.7 Å². The van der Waals surface area contributed by atoms with Gasteiger partial charge in [-0.15, -0.1) is 0 Å². The predicted molar refractivity (Wildman–Crippen MR) is 110 cm³/mol. The van der Waals surface area contributed by atoms with Crippen LogP contribution in [0.1, 0.15) is 45.6 Å². The van der Waals surface area contributed by atoms with E-state index in [0.717, 1.165) is 17.6 Å². The molecule has 2 fully saturated rings. The van der Waals surface area contributed by atoms with Crippen molar-refractivity contribution in [1.29, 1.82) is 0 Å². The highest BCUT2D eigenvalue weighted by Crippen LogP contribution is 2.52. The summed E-state index contributed by atoms with van der Waals surface area (Å²) < 4.78 is 5.95. The molecule has 6 atom stereocenters. The molecule has 0 aromatic heterocycles. The number of hydrogen-bond acceptors (Lipinski definition) is 4. The predicted octanol–water partition coefficient (Wildman–Crippen LogP) is 3.98. The molecule has 2 aliphatic carbocycles. The molecular formula is C24H32O4. The van der Waals surface area contributed by atoms with Crippen molar-refractivity contribution in [2.45, 2.75) is 57.8 Å². The maximum atomic E-state index is 12.7. The van der Waals surface area contributed by atoms with E-state index in [2.05, 4.69) is 6.58 Å². The van der Waals surface area contributed by atoms with Crippen molar-refractivity contribution >= 4 is 12.0 Å². The molecule has 152 valence electrons. The van der Waals surface area contributed by atoms with Crippen molar-refractivity contribution < 1.29 is 19.7 Å². The highest BCUT2D eigenvalue weighted by molar-refractivity contribution is 5.87. The third-order valence-corrected chi connectivity index (χ3v) is 6.52. The van der Waals surface area contributed by atoms with E-state index >= 15 is 0 Å². The number of aliphatic hydroxyl groups excluding tert-OH is 1. The van der Waals surface area contributed by atoms with Crippen molar-refractivity contribution in [3.8, 4) is 0 Å². The van der Waals surface area contributed by atoms with E-state index in [4.69, 9.17) is 4.74 Å². The molecule has 0 amide bonds. The largest absolute Gasteiger partial charge is 0.458 e. The van der Waals surface area contributed by atoms with Crippen molar-refractivity contribution in [2.75, 3.05) is 0 Å². The lowest BCUT2D eigenvalue weighted by molar-refractivity contribution is -0.163. The minimum Gasteiger partial charge on any atom is -0.458 e. The zero-order valence-electron chi connectivity index (χ0n) is 17.0. The second kappa shape index (κ2) is 8.22. The Morgan fingerprint density at radius 2 is 2.00 bits per heavy atom. The van der Waals surface area contributed by atoms with Crippen LogP contribution >= 0.6 is 0 Å². The second-order valence-electron chi connectivity index (χ2n) is 8.92. The molecule has 0 aliphatic heterocycles. The number of rotatable bonds is 4. The third-order valence-electron chi connectivity index (χ3n) is 6.52. The van der Waals surface area contributed by atoms with Crippen molar-refractivity contribution in [3.05, 3.63) is 54.1 Å².